The summed E-state index contributed by atoms with van der Waals surface area (Å²) in [5, 5.41) is 9.60. The van der Waals surface area contributed by atoms with Crippen LogP contribution in [0.5, 0.6) is 0 Å². The molecule has 2 unspecified atom stereocenters. The van der Waals surface area contributed by atoms with E-state index in [1.54, 1.807) is 4.90 Å². The number of likely N-dealkylation sites (tertiary alicyclic amines) is 1. The number of hydrogen-bond donors (Lipinski definition) is 1. The lowest BCUT2D eigenvalue weighted by Crippen LogP contribution is -2.54. The highest BCUT2D eigenvalue weighted by Crippen LogP contribution is 2.36. The fourth-order valence-corrected chi connectivity index (χ4v) is 3.44. The van der Waals surface area contributed by atoms with Crippen LogP contribution in [-0.2, 0) is 9.59 Å². The summed E-state index contributed by atoms with van der Waals surface area (Å²) in [5.74, 6) is -0.789. The van der Waals surface area contributed by atoms with Crippen LogP contribution >= 0.6 is 0 Å². The molecule has 1 aliphatic heterocycles. The monoisotopic (exact) mass is 265 g/mol. The van der Waals surface area contributed by atoms with E-state index >= 15 is 0 Å². The molecule has 4 nitrogen and oxygen atoms in total. The molecule has 0 bridgehead atoms. The quantitative estimate of drug-likeness (QED) is 0.795. The Hall–Kier alpha value is -1.32. The molecule has 2 aliphatic rings. The second kappa shape index (κ2) is 5.76. The number of amides is 1. The van der Waals surface area contributed by atoms with Gasteiger partial charge in [0.2, 0.25) is 5.91 Å². The number of allylic oxidation sites excluding steroid dienone is 2. The van der Waals surface area contributed by atoms with Crippen molar-refractivity contribution in [1.82, 2.24) is 4.90 Å². The highest BCUT2D eigenvalue weighted by Gasteiger charge is 2.50. The average molecular weight is 265 g/mol. The Morgan fingerprint density at radius 2 is 2.21 bits per heavy atom. The minimum Gasteiger partial charge on any atom is -0.479 e. The Kier molecular flexibility index (Phi) is 4.27. The topological polar surface area (TPSA) is 57.6 Å². The standard InChI is InChI=1S/C15H23NO3/c1-2-9-15(14(18)19)10-6-11-16(15)13(17)12-7-4-3-5-8-12/h3-4,12H,2,5-11H2,1H3,(H,18,19). The smallest absolute Gasteiger partial charge is 0.329 e. The van der Waals surface area contributed by atoms with E-state index in [4.69, 9.17) is 0 Å². The Morgan fingerprint density at radius 3 is 2.79 bits per heavy atom. The second-order valence-corrected chi connectivity index (χ2v) is 5.66. The zero-order chi connectivity index (χ0) is 13.9. The first-order valence-corrected chi connectivity index (χ1v) is 7.31. The SMILES string of the molecule is CCCC1(C(=O)O)CCCN1C(=O)C1CC=CCC1. The molecule has 1 saturated heterocycles. The van der Waals surface area contributed by atoms with Gasteiger partial charge in [-0.2, -0.15) is 0 Å². The average Bonchev–Trinajstić information content (AvgIpc) is 2.84. The summed E-state index contributed by atoms with van der Waals surface area (Å²) in [5.41, 5.74) is -0.938. The van der Waals surface area contributed by atoms with Gasteiger partial charge in [-0.1, -0.05) is 25.5 Å². The number of carboxylic acid groups (broad SMARTS) is 1. The molecular weight excluding hydrogens is 242 g/mol. The second-order valence-electron chi connectivity index (χ2n) is 5.66. The van der Waals surface area contributed by atoms with Crippen LogP contribution in [-0.4, -0.2) is 34.0 Å². The van der Waals surface area contributed by atoms with Crippen molar-refractivity contribution < 1.29 is 14.7 Å². The Morgan fingerprint density at radius 1 is 1.42 bits per heavy atom. The highest BCUT2D eigenvalue weighted by atomic mass is 16.4. The number of nitrogens with zero attached hydrogens (tertiary/aromatic N) is 1. The molecule has 1 aliphatic carbocycles. The Bertz CT molecular complexity index is 391. The van der Waals surface area contributed by atoms with Crippen molar-refractivity contribution in [2.45, 2.75) is 57.4 Å². The zero-order valence-corrected chi connectivity index (χ0v) is 11.6. The molecule has 1 amide bonds. The van der Waals surface area contributed by atoms with Crippen molar-refractivity contribution in [3.8, 4) is 0 Å². The number of aliphatic carboxylic acids is 1. The summed E-state index contributed by atoms with van der Waals surface area (Å²) in [6.45, 7) is 2.58. The van der Waals surface area contributed by atoms with E-state index in [2.05, 4.69) is 6.08 Å². The number of rotatable bonds is 4. The van der Waals surface area contributed by atoms with E-state index < -0.39 is 11.5 Å². The van der Waals surface area contributed by atoms with Gasteiger partial charge in [0.1, 0.15) is 5.54 Å². The highest BCUT2D eigenvalue weighted by molar-refractivity contribution is 5.89. The number of carboxylic acids is 1. The Balaban J connectivity index is 2.18. The van der Waals surface area contributed by atoms with Gasteiger partial charge in [-0.15, -0.1) is 0 Å². The Labute approximate surface area is 114 Å². The van der Waals surface area contributed by atoms with Crippen LogP contribution in [0.2, 0.25) is 0 Å². The van der Waals surface area contributed by atoms with Gasteiger partial charge in [-0.25, -0.2) is 4.79 Å². The number of hydrogen-bond acceptors (Lipinski definition) is 2. The molecule has 106 valence electrons. The van der Waals surface area contributed by atoms with Crippen LogP contribution in [0.3, 0.4) is 0 Å². The van der Waals surface area contributed by atoms with Crippen molar-refractivity contribution in [3.05, 3.63) is 12.2 Å². The van der Waals surface area contributed by atoms with Gasteiger partial charge < -0.3 is 10.0 Å². The van der Waals surface area contributed by atoms with E-state index in [9.17, 15) is 14.7 Å². The molecule has 0 aromatic rings. The van der Waals surface area contributed by atoms with E-state index in [1.807, 2.05) is 13.0 Å². The molecular formula is C15H23NO3. The summed E-state index contributed by atoms with van der Waals surface area (Å²) < 4.78 is 0. The van der Waals surface area contributed by atoms with Crippen molar-refractivity contribution in [2.75, 3.05) is 6.54 Å². The molecule has 1 heterocycles. The molecule has 19 heavy (non-hydrogen) atoms. The van der Waals surface area contributed by atoms with E-state index in [0.717, 1.165) is 32.1 Å². The lowest BCUT2D eigenvalue weighted by molar-refractivity contribution is -0.159. The van der Waals surface area contributed by atoms with Gasteiger partial charge in [0.25, 0.3) is 0 Å². The molecule has 0 radical (unpaired) electrons. The normalized spacial score (nSPS) is 30.6. The third-order valence-electron chi connectivity index (χ3n) is 4.43. The van der Waals surface area contributed by atoms with Crippen molar-refractivity contribution in [1.29, 1.82) is 0 Å². The molecule has 4 heteroatoms. The third kappa shape index (κ3) is 2.53. The van der Waals surface area contributed by atoms with E-state index in [-0.39, 0.29) is 11.8 Å². The molecule has 1 N–H and O–H groups in total. The minimum absolute atomic E-state index is 0.0151. The summed E-state index contributed by atoms with van der Waals surface area (Å²) in [6.07, 6.45) is 9.46. The molecule has 1 fully saturated rings. The van der Waals surface area contributed by atoms with Gasteiger partial charge >= 0.3 is 5.97 Å². The predicted octanol–water partition coefficient (Wildman–Crippen LogP) is 2.59. The largest absolute Gasteiger partial charge is 0.479 e. The predicted molar refractivity (Wildman–Crippen MR) is 72.7 cm³/mol. The van der Waals surface area contributed by atoms with E-state index in [1.165, 1.54) is 0 Å². The van der Waals surface area contributed by atoms with Gasteiger partial charge in [-0.3, -0.25) is 4.79 Å². The zero-order valence-electron chi connectivity index (χ0n) is 11.6. The van der Waals surface area contributed by atoms with Crippen LogP contribution < -0.4 is 0 Å². The lowest BCUT2D eigenvalue weighted by atomic mass is 9.87. The first-order chi connectivity index (χ1) is 9.12. The van der Waals surface area contributed by atoms with Gasteiger partial charge in [0.15, 0.2) is 0 Å². The summed E-state index contributed by atoms with van der Waals surface area (Å²) in [7, 11) is 0. The molecule has 0 spiro atoms. The van der Waals surface area contributed by atoms with Crippen LogP contribution in [0.1, 0.15) is 51.9 Å². The molecule has 0 aromatic carbocycles. The van der Waals surface area contributed by atoms with Gasteiger partial charge in [-0.05, 0) is 38.5 Å². The van der Waals surface area contributed by atoms with Crippen LogP contribution in [0.25, 0.3) is 0 Å². The van der Waals surface area contributed by atoms with Crippen molar-refractivity contribution in [2.24, 2.45) is 5.92 Å². The number of carbonyl (C=O) groups excluding carboxylic acids is 1. The molecule has 2 rings (SSSR count). The van der Waals surface area contributed by atoms with Gasteiger partial charge in [0.05, 0.1) is 0 Å². The third-order valence-corrected chi connectivity index (χ3v) is 4.43. The maximum Gasteiger partial charge on any atom is 0.329 e. The maximum atomic E-state index is 12.6. The summed E-state index contributed by atoms with van der Waals surface area (Å²) in [6, 6.07) is 0. The first kappa shape index (κ1) is 14.1. The van der Waals surface area contributed by atoms with Crippen LogP contribution in [0.15, 0.2) is 12.2 Å². The van der Waals surface area contributed by atoms with Gasteiger partial charge in [0, 0.05) is 12.5 Å². The van der Waals surface area contributed by atoms with Crippen LogP contribution in [0, 0.1) is 5.92 Å². The number of carbonyl (C=O) groups is 2. The van der Waals surface area contributed by atoms with Crippen molar-refractivity contribution in [3.63, 3.8) is 0 Å². The fraction of sp³-hybridized carbons (Fsp3) is 0.733. The summed E-state index contributed by atoms with van der Waals surface area (Å²) >= 11 is 0. The van der Waals surface area contributed by atoms with E-state index in [0.29, 0.717) is 19.4 Å². The minimum atomic E-state index is -0.938. The fourth-order valence-electron chi connectivity index (χ4n) is 3.44. The maximum absolute atomic E-state index is 12.6. The molecule has 2 atom stereocenters. The molecule has 0 aromatic heterocycles. The van der Waals surface area contributed by atoms with Crippen LogP contribution in [0.4, 0.5) is 0 Å². The summed E-state index contributed by atoms with van der Waals surface area (Å²) in [4.78, 5) is 26.0. The molecule has 0 saturated carbocycles. The van der Waals surface area contributed by atoms with Crippen molar-refractivity contribution >= 4 is 11.9 Å². The lowest BCUT2D eigenvalue weighted by Gasteiger charge is -2.37. The first-order valence-electron chi connectivity index (χ1n) is 7.31.